The number of aromatic nitrogens is 2. The van der Waals surface area contributed by atoms with Gasteiger partial charge in [-0.3, -0.25) is 9.78 Å². The minimum absolute atomic E-state index is 0.0554. The molecule has 7 nitrogen and oxygen atoms in total. The lowest BCUT2D eigenvalue weighted by molar-refractivity contribution is 0.00815. The monoisotopic (exact) mass is 400 g/mol. The summed E-state index contributed by atoms with van der Waals surface area (Å²) < 4.78 is 5.37. The maximum atomic E-state index is 12.6. The summed E-state index contributed by atoms with van der Waals surface area (Å²) in [6.07, 6.45) is 3.25. The average molecular weight is 401 g/mol. The fourth-order valence-corrected chi connectivity index (χ4v) is 4.36. The van der Waals surface area contributed by atoms with E-state index in [0.29, 0.717) is 18.8 Å². The van der Waals surface area contributed by atoms with Crippen LogP contribution in [0.5, 0.6) is 0 Å². The quantitative estimate of drug-likeness (QED) is 0.855. The van der Waals surface area contributed by atoms with E-state index >= 15 is 0 Å². The summed E-state index contributed by atoms with van der Waals surface area (Å²) in [5, 5.41) is 5.72. The number of hydrogen-bond acceptors (Lipinski definition) is 6. The van der Waals surface area contributed by atoms with Crippen molar-refractivity contribution in [1.82, 2.24) is 20.2 Å². The van der Waals surface area contributed by atoms with Crippen LogP contribution in [0.1, 0.15) is 65.9 Å². The Hall–Kier alpha value is -2.48. The van der Waals surface area contributed by atoms with Gasteiger partial charge in [0.2, 0.25) is 0 Å². The molecule has 2 aliphatic rings. The fourth-order valence-electron chi connectivity index (χ4n) is 3.47. The van der Waals surface area contributed by atoms with Crippen LogP contribution in [-0.4, -0.2) is 45.6 Å². The molecule has 0 radical (unpaired) electrons. The van der Waals surface area contributed by atoms with E-state index in [1.807, 2.05) is 26.8 Å². The van der Waals surface area contributed by atoms with Crippen molar-refractivity contribution in [2.45, 2.75) is 51.2 Å². The zero-order valence-electron chi connectivity index (χ0n) is 16.3. The lowest BCUT2D eigenvalue weighted by Gasteiger charge is -2.38. The van der Waals surface area contributed by atoms with Gasteiger partial charge < -0.3 is 15.0 Å². The van der Waals surface area contributed by atoms with Crippen molar-refractivity contribution in [3.05, 3.63) is 45.7 Å². The maximum absolute atomic E-state index is 12.6. The van der Waals surface area contributed by atoms with Crippen LogP contribution in [0.25, 0.3) is 0 Å². The molecule has 0 aromatic carbocycles. The highest BCUT2D eigenvalue weighted by molar-refractivity contribution is 7.10. The zero-order chi connectivity index (χ0) is 19.9. The van der Waals surface area contributed by atoms with Crippen molar-refractivity contribution < 1.29 is 14.3 Å². The Morgan fingerprint density at radius 1 is 1.32 bits per heavy atom. The van der Waals surface area contributed by atoms with E-state index in [2.05, 4.69) is 21.4 Å². The minimum Gasteiger partial charge on any atom is -0.444 e. The normalized spacial score (nSPS) is 19.1. The summed E-state index contributed by atoms with van der Waals surface area (Å²) in [6.45, 7) is 6.71. The molecule has 0 spiro atoms. The number of amides is 2. The molecule has 1 aliphatic heterocycles. The number of fused-ring (bicyclic) bond motifs is 1. The van der Waals surface area contributed by atoms with E-state index in [1.165, 1.54) is 16.9 Å². The molecule has 1 atom stereocenters. The van der Waals surface area contributed by atoms with Crippen LogP contribution >= 0.6 is 11.3 Å². The molecule has 2 amide bonds. The smallest absolute Gasteiger partial charge is 0.410 e. The molecule has 1 fully saturated rings. The summed E-state index contributed by atoms with van der Waals surface area (Å²) in [4.78, 5) is 35.2. The Bertz CT molecular complexity index is 899. The number of ether oxygens (including phenoxy) is 1. The van der Waals surface area contributed by atoms with Gasteiger partial charge in [-0.25, -0.2) is 9.78 Å². The first-order chi connectivity index (χ1) is 13.3. The summed E-state index contributed by atoms with van der Waals surface area (Å²) in [5.41, 5.74) is 2.09. The van der Waals surface area contributed by atoms with E-state index in [-0.39, 0.29) is 24.0 Å². The third-order valence-corrected chi connectivity index (χ3v) is 5.91. The van der Waals surface area contributed by atoms with Crippen molar-refractivity contribution in [3.8, 4) is 0 Å². The highest BCUT2D eigenvalue weighted by Crippen LogP contribution is 2.32. The number of likely N-dealkylation sites (tertiary alicyclic amines) is 1. The molecule has 0 saturated carbocycles. The van der Waals surface area contributed by atoms with Gasteiger partial charge in [-0.1, -0.05) is 6.07 Å². The zero-order valence-corrected chi connectivity index (χ0v) is 17.1. The Labute approximate surface area is 168 Å². The first kappa shape index (κ1) is 18.9. The second-order valence-corrected chi connectivity index (χ2v) is 9.16. The lowest BCUT2D eigenvalue weighted by Crippen LogP contribution is -2.50. The molecular weight excluding hydrogens is 376 g/mol. The first-order valence-corrected chi connectivity index (χ1v) is 10.4. The Balaban J connectivity index is 1.33. The van der Waals surface area contributed by atoms with Crippen LogP contribution in [0, 0.1) is 0 Å². The molecule has 3 heterocycles. The minimum atomic E-state index is -0.498. The molecule has 8 heteroatoms. The van der Waals surface area contributed by atoms with Crippen LogP contribution in [-0.2, 0) is 11.2 Å². The largest absolute Gasteiger partial charge is 0.444 e. The standard InChI is InChI=1S/C20H24N4O3S/c1-20(2,3)27-19(26)24-9-13(10-24)18-23-15(11-28-18)17(25)22-14-7-6-12-5-4-8-21-16(12)14/h4-5,8,11,13-14H,6-7,9-10H2,1-3H3,(H,22,25). The van der Waals surface area contributed by atoms with E-state index in [4.69, 9.17) is 4.74 Å². The van der Waals surface area contributed by atoms with Gasteiger partial charge in [-0.2, -0.15) is 0 Å². The summed E-state index contributed by atoms with van der Waals surface area (Å²) in [7, 11) is 0. The van der Waals surface area contributed by atoms with Crippen LogP contribution < -0.4 is 5.32 Å². The molecule has 2 aromatic rings. The summed E-state index contributed by atoms with van der Waals surface area (Å²) >= 11 is 1.47. The van der Waals surface area contributed by atoms with E-state index < -0.39 is 5.60 Å². The SMILES string of the molecule is CC(C)(C)OC(=O)N1CC(c2nc(C(=O)NC3CCc4cccnc43)cs2)C1. The Morgan fingerprint density at radius 3 is 2.86 bits per heavy atom. The van der Waals surface area contributed by atoms with Crippen LogP contribution in [0.3, 0.4) is 0 Å². The number of carbonyl (C=O) groups excluding carboxylic acids is 2. The van der Waals surface area contributed by atoms with Crippen molar-refractivity contribution >= 4 is 23.3 Å². The van der Waals surface area contributed by atoms with Crippen molar-refractivity contribution in [1.29, 1.82) is 0 Å². The number of pyridine rings is 1. The second kappa shape index (κ2) is 7.16. The van der Waals surface area contributed by atoms with Gasteiger partial charge in [-0.05, 0) is 45.2 Å². The van der Waals surface area contributed by atoms with Crippen LogP contribution in [0.15, 0.2) is 23.7 Å². The van der Waals surface area contributed by atoms with Gasteiger partial charge in [0.1, 0.15) is 16.3 Å². The van der Waals surface area contributed by atoms with Gasteiger partial charge in [-0.15, -0.1) is 11.3 Å². The van der Waals surface area contributed by atoms with Gasteiger partial charge in [0.15, 0.2) is 0 Å². The van der Waals surface area contributed by atoms with E-state index in [9.17, 15) is 9.59 Å². The number of nitrogens with one attached hydrogen (secondary N) is 1. The van der Waals surface area contributed by atoms with Crippen molar-refractivity contribution in [2.24, 2.45) is 0 Å². The van der Waals surface area contributed by atoms with E-state index in [1.54, 1.807) is 16.5 Å². The molecule has 1 unspecified atom stereocenters. The third kappa shape index (κ3) is 3.87. The topological polar surface area (TPSA) is 84.4 Å². The fraction of sp³-hybridized carbons (Fsp3) is 0.500. The predicted molar refractivity (Wildman–Crippen MR) is 105 cm³/mol. The Kier molecular flexibility index (Phi) is 4.82. The highest BCUT2D eigenvalue weighted by atomic mass is 32.1. The molecule has 28 heavy (non-hydrogen) atoms. The Morgan fingerprint density at radius 2 is 2.11 bits per heavy atom. The molecule has 148 valence electrons. The number of carbonyl (C=O) groups is 2. The molecule has 4 rings (SSSR count). The number of thiazole rings is 1. The number of hydrogen-bond donors (Lipinski definition) is 1. The van der Waals surface area contributed by atoms with Crippen molar-refractivity contribution in [3.63, 3.8) is 0 Å². The summed E-state index contributed by atoms with van der Waals surface area (Å²) in [6, 6.07) is 3.93. The molecule has 0 bridgehead atoms. The van der Waals surface area contributed by atoms with Crippen molar-refractivity contribution in [2.75, 3.05) is 13.1 Å². The lowest BCUT2D eigenvalue weighted by atomic mass is 10.0. The van der Waals surface area contributed by atoms with Crippen LogP contribution in [0.2, 0.25) is 0 Å². The van der Waals surface area contributed by atoms with Gasteiger partial charge in [0, 0.05) is 30.6 Å². The maximum Gasteiger partial charge on any atom is 0.410 e. The summed E-state index contributed by atoms with van der Waals surface area (Å²) in [5.74, 6) is -0.0118. The number of aryl methyl sites for hydroxylation is 1. The average Bonchev–Trinajstić information content (AvgIpc) is 3.20. The molecule has 1 saturated heterocycles. The highest BCUT2D eigenvalue weighted by Gasteiger charge is 2.36. The molecule has 2 aromatic heterocycles. The molecular formula is C20H24N4O3S. The predicted octanol–water partition coefficient (Wildman–Crippen LogP) is 3.29. The molecule has 1 aliphatic carbocycles. The first-order valence-electron chi connectivity index (χ1n) is 9.48. The van der Waals surface area contributed by atoms with E-state index in [0.717, 1.165) is 23.5 Å². The molecule has 1 N–H and O–H groups in total. The number of nitrogens with zero attached hydrogens (tertiary/aromatic N) is 3. The number of rotatable bonds is 3. The van der Waals surface area contributed by atoms with Crippen LogP contribution in [0.4, 0.5) is 4.79 Å². The van der Waals surface area contributed by atoms with Gasteiger partial charge >= 0.3 is 6.09 Å². The van der Waals surface area contributed by atoms with Gasteiger partial charge in [0.05, 0.1) is 11.7 Å². The third-order valence-electron chi connectivity index (χ3n) is 4.90. The second-order valence-electron chi connectivity index (χ2n) is 8.27. The van der Waals surface area contributed by atoms with Gasteiger partial charge in [0.25, 0.3) is 5.91 Å².